The lowest BCUT2D eigenvalue weighted by molar-refractivity contribution is -0.141. The average Bonchev–Trinajstić information content (AvgIpc) is 3.15. The number of esters is 1. The minimum Gasteiger partial charge on any atom is -0.493 e. The molecule has 1 fully saturated rings. The van der Waals surface area contributed by atoms with Crippen molar-refractivity contribution >= 4 is 34.2 Å². The van der Waals surface area contributed by atoms with Crippen LogP contribution in [-0.2, 0) is 19.6 Å². The predicted molar refractivity (Wildman–Crippen MR) is 126 cm³/mol. The number of nitrogens with two attached hydrogens (primary N) is 1. The van der Waals surface area contributed by atoms with Crippen LogP contribution in [0.3, 0.4) is 0 Å². The summed E-state index contributed by atoms with van der Waals surface area (Å²) in [7, 11) is -2.12. The maximum absolute atomic E-state index is 12.1. The summed E-state index contributed by atoms with van der Waals surface area (Å²) in [4.78, 5) is 11.6. The first-order valence-corrected chi connectivity index (χ1v) is 11.7. The van der Waals surface area contributed by atoms with Crippen molar-refractivity contribution in [3.8, 4) is 16.9 Å². The van der Waals surface area contributed by atoms with Crippen molar-refractivity contribution in [2.75, 3.05) is 26.5 Å². The van der Waals surface area contributed by atoms with Gasteiger partial charge in [0.05, 0.1) is 26.4 Å². The minimum atomic E-state index is -3.42. The van der Waals surface area contributed by atoms with E-state index in [0.29, 0.717) is 30.9 Å². The van der Waals surface area contributed by atoms with Gasteiger partial charge in [-0.2, -0.15) is 4.31 Å². The Bertz CT molecular complexity index is 1040. The van der Waals surface area contributed by atoms with Crippen molar-refractivity contribution in [2.45, 2.75) is 18.9 Å². The topological polar surface area (TPSA) is 123 Å². The van der Waals surface area contributed by atoms with E-state index in [2.05, 4.69) is 0 Å². The van der Waals surface area contributed by atoms with Gasteiger partial charge < -0.3 is 15.2 Å². The van der Waals surface area contributed by atoms with Crippen molar-refractivity contribution in [1.82, 2.24) is 4.31 Å². The fraction of sp³-hybridized carbons (Fsp3) is 0.364. The number of amidine groups is 1. The summed E-state index contributed by atoms with van der Waals surface area (Å²) >= 11 is 0. The van der Waals surface area contributed by atoms with Crippen molar-refractivity contribution in [1.29, 1.82) is 5.41 Å². The molecule has 174 valence electrons. The van der Waals surface area contributed by atoms with Gasteiger partial charge in [0.1, 0.15) is 11.6 Å². The van der Waals surface area contributed by atoms with E-state index < -0.39 is 22.0 Å². The zero-order valence-electron chi connectivity index (χ0n) is 18.0. The van der Waals surface area contributed by atoms with Crippen molar-refractivity contribution in [2.24, 2.45) is 11.7 Å². The van der Waals surface area contributed by atoms with E-state index in [1.165, 1.54) is 11.4 Å². The zero-order chi connectivity index (χ0) is 22.6. The summed E-state index contributed by atoms with van der Waals surface area (Å²) in [5.74, 6) is 0.284. The summed E-state index contributed by atoms with van der Waals surface area (Å²) in [6, 6.07) is 14.6. The maximum Gasteiger partial charge on any atom is 0.307 e. The van der Waals surface area contributed by atoms with Crippen LogP contribution in [0.15, 0.2) is 48.5 Å². The molecule has 1 aliphatic rings. The SMILES string of the molecule is COC(=O)C[C@@H]1C[C@@H](COc2ccc(-c3ccc(C(=N)N)cc3)cc2)CN1S(C)(=O)=O.Cl. The van der Waals surface area contributed by atoms with Crippen LogP contribution in [0.25, 0.3) is 11.1 Å². The van der Waals surface area contributed by atoms with Gasteiger partial charge >= 0.3 is 5.97 Å². The number of benzene rings is 2. The average molecular weight is 482 g/mol. The van der Waals surface area contributed by atoms with Crippen LogP contribution in [0.5, 0.6) is 5.75 Å². The fourth-order valence-corrected chi connectivity index (χ4v) is 4.95. The van der Waals surface area contributed by atoms with Crippen LogP contribution in [-0.4, -0.2) is 57.1 Å². The molecule has 0 aromatic heterocycles. The number of rotatable bonds is 8. The fourth-order valence-electron chi connectivity index (χ4n) is 3.77. The van der Waals surface area contributed by atoms with Crippen LogP contribution in [0.2, 0.25) is 0 Å². The monoisotopic (exact) mass is 481 g/mol. The Hall–Kier alpha value is -2.62. The van der Waals surface area contributed by atoms with Crippen molar-refractivity contribution in [3.05, 3.63) is 54.1 Å². The number of ether oxygens (including phenoxy) is 2. The number of carbonyl (C=O) groups excluding carboxylic acids is 1. The van der Waals surface area contributed by atoms with Gasteiger partial charge in [-0.1, -0.05) is 36.4 Å². The number of nitrogens with zero attached hydrogens (tertiary/aromatic N) is 1. The highest BCUT2D eigenvalue weighted by atomic mass is 35.5. The molecule has 3 rings (SSSR count). The molecular weight excluding hydrogens is 454 g/mol. The number of hydrogen-bond acceptors (Lipinski definition) is 6. The number of methoxy groups -OCH3 is 1. The van der Waals surface area contributed by atoms with E-state index in [9.17, 15) is 13.2 Å². The number of hydrogen-bond donors (Lipinski definition) is 2. The molecule has 10 heteroatoms. The van der Waals surface area contributed by atoms with Crippen molar-refractivity contribution < 1.29 is 22.7 Å². The molecule has 8 nitrogen and oxygen atoms in total. The highest BCUT2D eigenvalue weighted by Gasteiger charge is 2.39. The Morgan fingerprint density at radius 1 is 1.12 bits per heavy atom. The molecule has 32 heavy (non-hydrogen) atoms. The largest absolute Gasteiger partial charge is 0.493 e. The summed E-state index contributed by atoms with van der Waals surface area (Å²) < 4.78 is 36.1. The Labute approximate surface area is 194 Å². The third-order valence-corrected chi connectivity index (χ3v) is 6.68. The summed E-state index contributed by atoms with van der Waals surface area (Å²) in [5, 5.41) is 7.46. The summed E-state index contributed by atoms with van der Waals surface area (Å²) in [5.41, 5.74) is 8.17. The molecule has 0 aliphatic carbocycles. The molecule has 0 radical (unpaired) electrons. The smallest absolute Gasteiger partial charge is 0.307 e. The number of carbonyl (C=O) groups is 1. The van der Waals surface area contributed by atoms with Gasteiger partial charge in [-0.25, -0.2) is 8.42 Å². The van der Waals surface area contributed by atoms with Gasteiger partial charge in [0.2, 0.25) is 10.0 Å². The van der Waals surface area contributed by atoms with Crippen LogP contribution in [0, 0.1) is 11.3 Å². The quantitative estimate of drug-likeness (QED) is 0.339. The Morgan fingerprint density at radius 2 is 1.69 bits per heavy atom. The highest BCUT2D eigenvalue weighted by Crippen LogP contribution is 2.29. The lowest BCUT2D eigenvalue weighted by atomic mass is 10.0. The van der Waals surface area contributed by atoms with E-state index in [-0.39, 0.29) is 30.6 Å². The molecule has 0 amide bonds. The van der Waals surface area contributed by atoms with Gasteiger partial charge in [0.25, 0.3) is 0 Å². The van der Waals surface area contributed by atoms with Crippen LogP contribution in [0.1, 0.15) is 18.4 Å². The summed E-state index contributed by atoms with van der Waals surface area (Å²) in [6.45, 7) is 0.678. The number of nitrogens with one attached hydrogen (secondary N) is 1. The standard InChI is InChI=1S/C22H27N3O5S.ClH/c1-29-21(26)12-19-11-15(13-25(19)31(2,27)28)14-30-20-9-7-17(8-10-20)16-3-5-18(6-4-16)22(23)24;/h3-10,15,19H,11-14H2,1-2H3,(H3,23,24);1H/t15-,19+;/m1./s1. The van der Waals surface area contributed by atoms with Crippen LogP contribution in [0.4, 0.5) is 0 Å². The maximum atomic E-state index is 12.1. The van der Waals surface area contributed by atoms with Crippen molar-refractivity contribution in [3.63, 3.8) is 0 Å². The van der Waals surface area contributed by atoms with E-state index >= 15 is 0 Å². The first-order valence-electron chi connectivity index (χ1n) is 9.88. The Morgan fingerprint density at radius 3 is 2.19 bits per heavy atom. The van der Waals surface area contributed by atoms with Gasteiger partial charge in [0.15, 0.2) is 0 Å². The molecule has 2 atom stereocenters. The second-order valence-electron chi connectivity index (χ2n) is 7.69. The highest BCUT2D eigenvalue weighted by molar-refractivity contribution is 7.88. The van der Waals surface area contributed by atoms with Gasteiger partial charge in [-0.3, -0.25) is 10.2 Å². The van der Waals surface area contributed by atoms with Gasteiger partial charge in [-0.05, 0) is 29.7 Å². The number of sulfonamides is 1. The predicted octanol–water partition coefficient (Wildman–Crippen LogP) is 2.65. The molecule has 0 saturated carbocycles. The Kier molecular flexibility index (Phi) is 8.65. The molecule has 1 saturated heterocycles. The molecule has 0 spiro atoms. The molecule has 2 aromatic carbocycles. The first kappa shape index (κ1) is 25.6. The van der Waals surface area contributed by atoms with E-state index in [1.54, 1.807) is 12.1 Å². The van der Waals surface area contributed by atoms with Crippen LogP contribution >= 0.6 is 12.4 Å². The Balaban J connectivity index is 0.00000363. The van der Waals surface area contributed by atoms with E-state index in [4.69, 9.17) is 20.6 Å². The second-order valence-corrected chi connectivity index (χ2v) is 9.63. The number of nitrogen functional groups attached to an aromatic ring is 1. The van der Waals surface area contributed by atoms with E-state index in [1.807, 2.05) is 36.4 Å². The number of halogens is 1. The molecule has 0 unspecified atom stereocenters. The molecular formula is C22H28ClN3O5S. The molecule has 1 aliphatic heterocycles. The lowest BCUT2D eigenvalue weighted by Gasteiger charge is -2.20. The molecule has 0 bridgehead atoms. The van der Waals surface area contributed by atoms with Crippen LogP contribution < -0.4 is 10.5 Å². The minimum absolute atomic E-state index is 0. The van der Waals surface area contributed by atoms with Gasteiger partial charge in [0, 0.05) is 24.1 Å². The van der Waals surface area contributed by atoms with Gasteiger partial charge in [-0.15, -0.1) is 12.4 Å². The first-order chi connectivity index (χ1) is 14.7. The molecule has 3 N–H and O–H groups in total. The third kappa shape index (κ3) is 6.44. The van der Waals surface area contributed by atoms with E-state index in [0.717, 1.165) is 17.4 Å². The molecule has 2 aromatic rings. The second kappa shape index (κ2) is 10.8. The zero-order valence-corrected chi connectivity index (χ0v) is 19.6. The lowest BCUT2D eigenvalue weighted by Crippen LogP contribution is -2.36. The normalized spacial score (nSPS) is 18.6. The third-order valence-electron chi connectivity index (χ3n) is 5.38. The molecule has 1 heterocycles. The summed E-state index contributed by atoms with van der Waals surface area (Å²) in [6.07, 6.45) is 1.74.